The number of nitrogens with one attached hydrogen (secondary N) is 1. The second-order valence-corrected chi connectivity index (χ2v) is 6.35. The lowest BCUT2D eigenvalue weighted by Gasteiger charge is -2.30. The number of allylic oxidation sites excluding steroid dienone is 2. The van der Waals surface area contributed by atoms with Crippen LogP contribution in [0.4, 0.5) is 0 Å². The Morgan fingerprint density at radius 1 is 0.931 bits per heavy atom. The van der Waals surface area contributed by atoms with E-state index in [-0.39, 0.29) is 41.6 Å². The molecule has 1 aliphatic rings. The molecule has 0 bridgehead atoms. The number of phenols is 1. The van der Waals surface area contributed by atoms with Gasteiger partial charge in [-0.05, 0) is 45.4 Å². The molecule has 1 heterocycles. The number of hydrogen-bond acceptors (Lipinski definition) is 8. The molecule has 1 aromatic rings. The van der Waals surface area contributed by atoms with Crippen LogP contribution in [0.25, 0.3) is 0 Å². The first kappa shape index (κ1) is 22.1. The second kappa shape index (κ2) is 9.36. The minimum atomic E-state index is -0.794. The first-order valence-corrected chi connectivity index (χ1v) is 9.28. The van der Waals surface area contributed by atoms with E-state index < -0.39 is 17.9 Å². The average molecular weight is 405 g/mol. The van der Waals surface area contributed by atoms with E-state index in [0.717, 1.165) is 0 Å². The molecule has 0 radical (unpaired) electrons. The summed E-state index contributed by atoms with van der Waals surface area (Å²) in [5.41, 5.74) is 2.18. The monoisotopic (exact) mass is 405 g/mol. The number of aromatic hydroxyl groups is 1. The van der Waals surface area contributed by atoms with Crippen molar-refractivity contribution in [2.24, 2.45) is 0 Å². The van der Waals surface area contributed by atoms with Gasteiger partial charge in [-0.2, -0.15) is 0 Å². The Balaban J connectivity index is 2.77. The molecule has 2 N–H and O–H groups in total. The minimum Gasteiger partial charge on any atom is -0.502 e. The van der Waals surface area contributed by atoms with Gasteiger partial charge in [-0.15, -0.1) is 0 Å². The Kier molecular flexibility index (Phi) is 7.14. The van der Waals surface area contributed by atoms with E-state index in [9.17, 15) is 14.7 Å². The zero-order chi connectivity index (χ0) is 21.7. The number of carbonyl (C=O) groups excluding carboxylic acids is 2. The molecule has 0 fully saturated rings. The van der Waals surface area contributed by atoms with E-state index in [1.165, 1.54) is 14.2 Å². The highest BCUT2D eigenvalue weighted by Crippen LogP contribution is 2.45. The molecule has 1 aliphatic heterocycles. The molecule has 8 nitrogen and oxygen atoms in total. The van der Waals surface area contributed by atoms with Gasteiger partial charge in [-0.25, -0.2) is 9.59 Å². The number of ether oxygens (including phenoxy) is 4. The molecule has 1 aromatic carbocycles. The molecule has 0 atom stereocenters. The maximum Gasteiger partial charge on any atom is 0.336 e. The van der Waals surface area contributed by atoms with Gasteiger partial charge in [-0.1, -0.05) is 0 Å². The van der Waals surface area contributed by atoms with Crippen LogP contribution in [0.3, 0.4) is 0 Å². The van der Waals surface area contributed by atoms with Gasteiger partial charge >= 0.3 is 11.9 Å². The summed E-state index contributed by atoms with van der Waals surface area (Å²) in [4.78, 5) is 25.6. The van der Waals surface area contributed by atoms with Crippen LogP contribution >= 0.6 is 0 Å². The van der Waals surface area contributed by atoms with E-state index in [1.54, 1.807) is 39.8 Å². The zero-order valence-corrected chi connectivity index (χ0v) is 17.5. The van der Waals surface area contributed by atoms with Gasteiger partial charge in [0.25, 0.3) is 0 Å². The standard InChI is InChI=1S/C21H27NO7/c1-7-28-20(24)16-11(3)22-12(4)17(21(25)29-8-2)18(16)13-9-14(26-5)19(23)15(10-13)27-6/h9-10,18,22-23H,7-8H2,1-6H3. The van der Waals surface area contributed by atoms with Crippen molar-refractivity contribution in [3.05, 3.63) is 40.2 Å². The summed E-state index contributed by atoms with van der Waals surface area (Å²) in [6.45, 7) is 7.25. The largest absolute Gasteiger partial charge is 0.502 e. The Morgan fingerprint density at radius 3 is 1.69 bits per heavy atom. The van der Waals surface area contributed by atoms with E-state index in [1.807, 2.05) is 0 Å². The van der Waals surface area contributed by atoms with Crippen molar-refractivity contribution in [3.8, 4) is 17.2 Å². The van der Waals surface area contributed by atoms with Crippen LogP contribution in [0.5, 0.6) is 17.2 Å². The molecular weight excluding hydrogens is 378 g/mol. The van der Waals surface area contributed by atoms with Crippen LogP contribution in [-0.4, -0.2) is 44.5 Å². The lowest BCUT2D eigenvalue weighted by atomic mass is 9.80. The van der Waals surface area contributed by atoms with Crippen molar-refractivity contribution in [1.82, 2.24) is 5.32 Å². The van der Waals surface area contributed by atoms with Crippen molar-refractivity contribution < 1.29 is 33.6 Å². The zero-order valence-electron chi connectivity index (χ0n) is 17.5. The summed E-state index contributed by atoms with van der Waals surface area (Å²) >= 11 is 0. The van der Waals surface area contributed by atoms with Crippen LogP contribution < -0.4 is 14.8 Å². The summed E-state index contributed by atoms with van der Waals surface area (Å²) in [6, 6.07) is 3.12. The number of benzene rings is 1. The number of carbonyl (C=O) groups is 2. The highest BCUT2D eigenvalue weighted by molar-refractivity contribution is 6.00. The van der Waals surface area contributed by atoms with Crippen molar-refractivity contribution in [1.29, 1.82) is 0 Å². The van der Waals surface area contributed by atoms with Crippen molar-refractivity contribution in [2.45, 2.75) is 33.6 Å². The molecule has 2 rings (SSSR count). The third kappa shape index (κ3) is 4.31. The number of esters is 2. The summed E-state index contributed by atoms with van der Waals surface area (Å²) in [5, 5.41) is 13.3. The molecule has 0 aliphatic carbocycles. The van der Waals surface area contributed by atoms with E-state index in [2.05, 4.69) is 5.32 Å². The Morgan fingerprint density at radius 2 is 1.34 bits per heavy atom. The molecule has 8 heteroatoms. The summed E-state index contributed by atoms with van der Waals surface area (Å²) in [5.74, 6) is -1.77. The normalized spacial score (nSPS) is 14.4. The fourth-order valence-electron chi connectivity index (χ4n) is 3.37. The SMILES string of the molecule is CCOC(=O)C1=C(C)NC(C)=C(C(=O)OCC)C1c1cc(OC)c(O)c(OC)c1. The molecule has 158 valence electrons. The van der Waals surface area contributed by atoms with Gasteiger partial charge < -0.3 is 29.4 Å². The second-order valence-electron chi connectivity index (χ2n) is 6.35. The Labute approximate surface area is 170 Å². The predicted octanol–water partition coefficient (Wildman–Crippen LogP) is 2.77. The van der Waals surface area contributed by atoms with Gasteiger partial charge in [0.15, 0.2) is 11.5 Å². The smallest absolute Gasteiger partial charge is 0.336 e. The number of dihydropyridines is 1. The number of hydrogen-bond donors (Lipinski definition) is 2. The van der Waals surface area contributed by atoms with E-state index >= 15 is 0 Å². The third-order valence-electron chi connectivity index (χ3n) is 4.59. The Hall–Kier alpha value is -3.16. The lowest BCUT2D eigenvalue weighted by Crippen LogP contribution is -2.32. The third-order valence-corrected chi connectivity index (χ3v) is 4.59. The molecule has 0 aromatic heterocycles. The van der Waals surface area contributed by atoms with Crippen molar-refractivity contribution >= 4 is 11.9 Å². The first-order valence-electron chi connectivity index (χ1n) is 9.28. The van der Waals surface area contributed by atoms with Gasteiger partial charge in [-0.3, -0.25) is 0 Å². The minimum absolute atomic E-state index is 0.152. The molecule has 29 heavy (non-hydrogen) atoms. The van der Waals surface area contributed by atoms with Crippen LogP contribution in [0.2, 0.25) is 0 Å². The first-order chi connectivity index (χ1) is 13.8. The number of phenolic OH excluding ortho intramolecular Hbond substituents is 1. The highest BCUT2D eigenvalue weighted by Gasteiger charge is 2.38. The van der Waals surface area contributed by atoms with Crippen LogP contribution in [-0.2, 0) is 19.1 Å². The maximum absolute atomic E-state index is 12.8. The fourth-order valence-corrected chi connectivity index (χ4v) is 3.37. The summed E-state index contributed by atoms with van der Waals surface area (Å²) in [6.07, 6.45) is 0. The fraction of sp³-hybridized carbons (Fsp3) is 0.429. The van der Waals surface area contributed by atoms with Gasteiger partial charge in [0.05, 0.1) is 44.5 Å². The number of rotatable bonds is 7. The summed E-state index contributed by atoms with van der Waals surface area (Å²) in [7, 11) is 2.81. The van der Waals surface area contributed by atoms with Crippen LogP contribution in [0.1, 0.15) is 39.2 Å². The molecule has 0 amide bonds. The van der Waals surface area contributed by atoms with Gasteiger partial charge in [0.1, 0.15) is 0 Å². The Bertz CT molecular complexity index is 805. The molecule has 0 saturated carbocycles. The molecule has 0 unspecified atom stereocenters. The van der Waals surface area contributed by atoms with Crippen LogP contribution in [0.15, 0.2) is 34.7 Å². The molecule has 0 saturated heterocycles. The average Bonchev–Trinajstić information content (AvgIpc) is 2.67. The van der Waals surface area contributed by atoms with Gasteiger partial charge in [0.2, 0.25) is 5.75 Å². The molecular formula is C21H27NO7. The van der Waals surface area contributed by atoms with Crippen molar-refractivity contribution in [3.63, 3.8) is 0 Å². The van der Waals surface area contributed by atoms with Gasteiger partial charge in [0, 0.05) is 11.4 Å². The van der Waals surface area contributed by atoms with E-state index in [4.69, 9.17) is 18.9 Å². The topological polar surface area (TPSA) is 103 Å². The van der Waals surface area contributed by atoms with Crippen LogP contribution in [0, 0.1) is 0 Å². The maximum atomic E-state index is 12.8. The summed E-state index contributed by atoms with van der Waals surface area (Å²) < 4.78 is 21.0. The van der Waals surface area contributed by atoms with E-state index in [0.29, 0.717) is 17.0 Å². The number of methoxy groups -OCH3 is 2. The predicted molar refractivity (Wildman–Crippen MR) is 106 cm³/mol. The van der Waals surface area contributed by atoms with Crippen molar-refractivity contribution in [2.75, 3.05) is 27.4 Å². The quantitative estimate of drug-likeness (QED) is 0.668. The highest BCUT2D eigenvalue weighted by atomic mass is 16.5. The lowest BCUT2D eigenvalue weighted by molar-refractivity contribution is -0.139. The molecule has 0 spiro atoms.